The molecule has 0 amide bonds. The maximum atomic E-state index is 14.1. The Hall–Kier alpha value is -2.97. The molecule has 2 aromatic heterocycles. The lowest BCUT2D eigenvalue weighted by Crippen LogP contribution is -2.40. The first-order chi connectivity index (χ1) is 15.2. The number of aromatic nitrogens is 3. The second kappa shape index (κ2) is 8.64. The summed E-state index contributed by atoms with van der Waals surface area (Å²) in [5.74, 6) is 0.449. The molecule has 162 valence electrons. The Morgan fingerprint density at radius 2 is 1.90 bits per heavy atom. The SMILES string of the molecule is O=c1[nH]c(N2CCOCC2)nc2c1CCN(Cc1cccn1Cc1ccccc1F)C2. The maximum Gasteiger partial charge on any atom is 0.255 e. The molecule has 4 heterocycles. The maximum absolute atomic E-state index is 14.1. The third-order valence-corrected chi connectivity index (χ3v) is 6.06. The van der Waals surface area contributed by atoms with Crippen LogP contribution in [0.25, 0.3) is 0 Å². The molecule has 0 atom stereocenters. The molecule has 2 aliphatic heterocycles. The number of H-pyrrole nitrogens is 1. The number of benzene rings is 1. The molecule has 8 heteroatoms. The van der Waals surface area contributed by atoms with E-state index < -0.39 is 0 Å². The fraction of sp³-hybridized carbons (Fsp3) is 0.391. The standard InChI is InChI=1S/C23H26FN5O2/c24-20-6-2-1-4-17(20)14-29-8-3-5-18(29)15-27-9-7-19-21(16-27)25-23(26-22(19)30)28-10-12-31-13-11-28/h1-6,8H,7,9-16H2,(H,25,26,30). The van der Waals surface area contributed by atoms with Gasteiger partial charge in [0.2, 0.25) is 5.95 Å². The van der Waals surface area contributed by atoms with Gasteiger partial charge in [-0.3, -0.25) is 14.7 Å². The Balaban J connectivity index is 1.32. The predicted molar refractivity (Wildman–Crippen MR) is 116 cm³/mol. The molecule has 31 heavy (non-hydrogen) atoms. The molecule has 1 N–H and O–H groups in total. The first kappa shape index (κ1) is 20.0. The highest BCUT2D eigenvalue weighted by atomic mass is 19.1. The lowest BCUT2D eigenvalue weighted by molar-refractivity contribution is 0.122. The van der Waals surface area contributed by atoms with Crippen LogP contribution in [0.4, 0.5) is 10.3 Å². The predicted octanol–water partition coefficient (Wildman–Crippen LogP) is 2.15. The van der Waals surface area contributed by atoms with Crippen molar-refractivity contribution in [3.8, 4) is 0 Å². The number of nitrogens with zero attached hydrogens (tertiary/aromatic N) is 4. The average molecular weight is 423 g/mol. The van der Waals surface area contributed by atoms with Gasteiger partial charge >= 0.3 is 0 Å². The molecule has 1 fully saturated rings. The van der Waals surface area contributed by atoms with Crippen LogP contribution in [0.15, 0.2) is 47.4 Å². The van der Waals surface area contributed by atoms with Gasteiger partial charge in [-0.1, -0.05) is 18.2 Å². The van der Waals surface area contributed by atoms with Crippen LogP contribution >= 0.6 is 0 Å². The quantitative estimate of drug-likeness (QED) is 0.681. The number of fused-ring (bicyclic) bond motifs is 1. The molecule has 7 nitrogen and oxygen atoms in total. The average Bonchev–Trinajstić information content (AvgIpc) is 3.22. The van der Waals surface area contributed by atoms with Crippen LogP contribution in [0.2, 0.25) is 0 Å². The highest BCUT2D eigenvalue weighted by Gasteiger charge is 2.24. The van der Waals surface area contributed by atoms with Crippen molar-refractivity contribution in [2.45, 2.75) is 26.1 Å². The highest BCUT2D eigenvalue weighted by molar-refractivity contribution is 5.34. The third kappa shape index (κ3) is 4.26. The fourth-order valence-electron chi connectivity index (χ4n) is 4.33. The van der Waals surface area contributed by atoms with Crippen molar-refractivity contribution in [3.05, 3.63) is 81.3 Å². The van der Waals surface area contributed by atoms with Crippen LogP contribution in [0.5, 0.6) is 0 Å². The molecule has 3 aromatic rings. The topological polar surface area (TPSA) is 66.4 Å². The van der Waals surface area contributed by atoms with Crippen molar-refractivity contribution in [3.63, 3.8) is 0 Å². The van der Waals surface area contributed by atoms with E-state index in [0.717, 1.165) is 43.1 Å². The van der Waals surface area contributed by atoms with Gasteiger partial charge in [-0.15, -0.1) is 0 Å². The monoisotopic (exact) mass is 423 g/mol. The summed E-state index contributed by atoms with van der Waals surface area (Å²) in [6.45, 7) is 5.39. The van der Waals surface area contributed by atoms with E-state index in [9.17, 15) is 9.18 Å². The van der Waals surface area contributed by atoms with Crippen LogP contribution in [0.3, 0.4) is 0 Å². The number of aromatic amines is 1. The fourth-order valence-corrected chi connectivity index (χ4v) is 4.33. The van der Waals surface area contributed by atoms with Crippen molar-refractivity contribution in [2.24, 2.45) is 0 Å². The van der Waals surface area contributed by atoms with E-state index >= 15 is 0 Å². The second-order valence-electron chi connectivity index (χ2n) is 8.09. The first-order valence-electron chi connectivity index (χ1n) is 10.7. The van der Waals surface area contributed by atoms with Crippen LogP contribution in [0, 0.1) is 5.82 Å². The summed E-state index contributed by atoms with van der Waals surface area (Å²) in [5, 5.41) is 0. The molecular weight excluding hydrogens is 397 g/mol. The van der Waals surface area contributed by atoms with Gasteiger partial charge in [-0.05, 0) is 24.6 Å². The van der Waals surface area contributed by atoms with Crippen molar-refractivity contribution >= 4 is 5.95 Å². The molecule has 0 aliphatic carbocycles. The lowest BCUT2D eigenvalue weighted by Gasteiger charge is -2.31. The largest absolute Gasteiger partial charge is 0.378 e. The summed E-state index contributed by atoms with van der Waals surface area (Å²) in [6, 6.07) is 10.9. The molecule has 0 unspecified atom stereocenters. The molecule has 1 aromatic carbocycles. The van der Waals surface area contributed by atoms with Crippen molar-refractivity contribution in [1.29, 1.82) is 0 Å². The molecule has 1 saturated heterocycles. The van der Waals surface area contributed by atoms with E-state index in [1.54, 1.807) is 6.07 Å². The number of halogens is 1. The van der Waals surface area contributed by atoms with E-state index in [-0.39, 0.29) is 11.4 Å². The van der Waals surface area contributed by atoms with Crippen LogP contribution in [-0.4, -0.2) is 52.3 Å². The molecule has 0 radical (unpaired) electrons. The zero-order valence-corrected chi connectivity index (χ0v) is 17.4. The summed E-state index contributed by atoms with van der Waals surface area (Å²) < 4.78 is 21.6. The number of nitrogens with one attached hydrogen (secondary N) is 1. The van der Waals surface area contributed by atoms with Gasteiger partial charge < -0.3 is 14.2 Å². The van der Waals surface area contributed by atoms with Gasteiger partial charge in [0.1, 0.15) is 5.82 Å². The molecular formula is C23H26FN5O2. The van der Waals surface area contributed by atoms with E-state index in [4.69, 9.17) is 9.72 Å². The summed E-state index contributed by atoms with van der Waals surface area (Å²) in [5.41, 5.74) is 3.39. The lowest BCUT2D eigenvalue weighted by atomic mass is 10.1. The zero-order valence-electron chi connectivity index (χ0n) is 17.4. The van der Waals surface area contributed by atoms with Crippen LogP contribution in [-0.2, 0) is 30.8 Å². The van der Waals surface area contributed by atoms with E-state index in [1.807, 2.05) is 24.4 Å². The van der Waals surface area contributed by atoms with Gasteiger partial charge in [-0.25, -0.2) is 9.37 Å². The van der Waals surface area contributed by atoms with Crippen LogP contribution < -0.4 is 10.5 Å². The Morgan fingerprint density at radius 1 is 1.06 bits per heavy atom. The Kier molecular flexibility index (Phi) is 5.57. The smallest absolute Gasteiger partial charge is 0.255 e. The molecule has 0 spiro atoms. The summed E-state index contributed by atoms with van der Waals surface area (Å²) in [7, 11) is 0. The van der Waals surface area contributed by atoms with Gasteiger partial charge in [0.25, 0.3) is 5.56 Å². The molecule has 0 saturated carbocycles. The molecule has 2 aliphatic rings. The number of ether oxygens (including phenoxy) is 1. The summed E-state index contributed by atoms with van der Waals surface area (Å²) >= 11 is 0. The minimum Gasteiger partial charge on any atom is -0.378 e. The Morgan fingerprint density at radius 3 is 2.74 bits per heavy atom. The normalized spacial score (nSPS) is 17.0. The highest BCUT2D eigenvalue weighted by Crippen LogP contribution is 2.20. The number of hydrogen-bond donors (Lipinski definition) is 1. The second-order valence-corrected chi connectivity index (χ2v) is 8.09. The Labute approximate surface area is 180 Å². The van der Waals surface area contributed by atoms with Gasteiger partial charge in [-0.2, -0.15) is 0 Å². The molecule has 0 bridgehead atoms. The van der Waals surface area contributed by atoms with Gasteiger partial charge in [0, 0.05) is 55.7 Å². The zero-order chi connectivity index (χ0) is 21.2. The summed E-state index contributed by atoms with van der Waals surface area (Å²) in [6.07, 6.45) is 2.66. The molecule has 5 rings (SSSR count). The first-order valence-corrected chi connectivity index (χ1v) is 10.7. The Bertz CT molecular complexity index is 1120. The number of anilines is 1. The number of rotatable bonds is 5. The minimum atomic E-state index is -0.187. The van der Waals surface area contributed by atoms with Crippen molar-refractivity contribution < 1.29 is 9.13 Å². The number of morpholine rings is 1. The van der Waals surface area contributed by atoms with Crippen molar-refractivity contribution in [2.75, 3.05) is 37.7 Å². The minimum absolute atomic E-state index is 0.0333. The van der Waals surface area contributed by atoms with E-state index in [0.29, 0.717) is 44.2 Å². The van der Waals surface area contributed by atoms with Crippen molar-refractivity contribution in [1.82, 2.24) is 19.4 Å². The van der Waals surface area contributed by atoms with Gasteiger partial charge in [0.05, 0.1) is 25.5 Å². The third-order valence-electron chi connectivity index (χ3n) is 6.06. The summed E-state index contributed by atoms with van der Waals surface area (Å²) in [4.78, 5) is 24.7. The van der Waals surface area contributed by atoms with Crippen LogP contribution in [0.1, 0.15) is 22.5 Å². The van der Waals surface area contributed by atoms with E-state index in [1.165, 1.54) is 6.07 Å². The van der Waals surface area contributed by atoms with Gasteiger partial charge in [0.15, 0.2) is 0 Å². The van der Waals surface area contributed by atoms with E-state index in [2.05, 4.69) is 25.4 Å². The number of hydrogen-bond acceptors (Lipinski definition) is 5.